The third kappa shape index (κ3) is 6.00. The Labute approximate surface area is 234 Å². The SMILES string of the molecule is Nc1ncnc2c1ncn2C1CCC(COP(=O)(O)OC2CC(COP(=O)(O)O)OC2n2cnc3c(=O)[nH]cnc32)O1. The highest BCUT2D eigenvalue weighted by atomic mass is 31.2. The second-order valence-corrected chi connectivity index (χ2v) is 12.2. The van der Waals surface area contributed by atoms with Crippen LogP contribution in [0.2, 0.25) is 0 Å². The van der Waals surface area contributed by atoms with Gasteiger partial charge in [-0.25, -0.2) is 34.0 Å². The predicted octanol–water partition coefficient (Wildman–Crippen LogP) is 0.118. The number of aromatic amines is 1. The molecule has 226 valence electrons. The fourth-order valence-electron chi connectivity index (χ4n) is 4.87. The van der Waals surface area contributed by atoms with Crippen LogP contribution in [0.3, 0.4) is 0 Å². The van der Waals surface area contributed by atoms with E-state index in [9.17, 15) is 18.8 Å². The van der Waals surface area contributed by atoms with Gasteiger partial charge >= 0.3 is 15.6 Å². The molecule has 2 aliphatic rings. The highest BCUT2D eigenvalue weighted by Crippen LogP contribution is 2.50. The minimum atomic E-state index is -4.83. The maximum atomic E-state index is 13.0. The molecule has 6 unspecified atom stereocenters. The molecule has 4 aromatic rings. The van der Waals surface area contributed by atoms with Crippen LogP contribution >= 0.6 is 15.6 Å². The molecule has 6 heterocycles. The van der Waals surface area contributed by atoms with Crippen molar-refractivity contribution in [2.24, 2.45) is 0 Å². The first-order valence-electron chi connectivity index (χ1n) is 12.5. The Balaban J connectivity index is 1.13. The number of nitrogens with one attached hydrogen (secondary N) is 1. The van der Waals surface area contributed by atoms with E-state index in [-0.39, 0.29) is 30.0 Å². The first-order valence-corrected chi connectivity index (χ1v) is 15.5. The zero-order chi connectivity index (χ0) is 29.6. The first kappa shape index (κ1) is 28.9. The van der Waals surface area contributed by atoms with Gasteiger partial charge < -0.3 is 34.9 Å². The highest BCUT2D eigenvalue weighted by Gasteiger charge is 2.44. The molecule has 20 nitrogen and oxygen atoms in total. The molecule has 4 aromatic heterocycles. The Morgan fingerprint density at radius 2 is 1.69 bits per heavy atom. The Bertz CT molecular complexity index is 1760. The average Bonchev–Trinajstić information content (AvgIpc) is 3.71. The summed E-state index contributed by atoms with van der Waals surface area (Å²) in [5.74, 6) is 0.228. The molecule has 0 bridgehead atoms. The third-order valence-electron chi connectivity index (χ3n) is 6.69. The second-order valence-electron chi connectivity index (χ2n) is 9.51. The molecule has 0 saturated carbocycles. The number of imidazole rings is 2. The van der Waals surface area contributed by atoms with E-state index < -0.39 is 58.6 Å². The molecule has 22 heteroatoms. The molecule has 2 saturated heterocycles. The molecule has 6 atom stereocenters. The van der Waals surface area contributed by atoms with E-state index in [1.54, 1.807) is 4.57 Å². The summed E-state index contributed by atoms with van der Waals surface area (Å²) in [6, 6.07) is 0. The molecule has 0 spiro atoms. The number of H-pyrrole nitrogens is 1. The van der Waals surface area contributed by atoms with Crippen LogP contribution in [-0.2, 0) is 32.2 Å². The van der Waals surface area contributed by atoms with E-state index in [0.29, 0.717) is 24.0 Å². The number of nitrogens with two attached hydrogens (primary N) is 1. The average molecular weight is 629 g/mol. The lowest BCUT2D eigenvalue weighted by atomic mass is 10.2. The summed E-state index contributed by atoms with van der Waals surface area (Å²) < 4.78 is 54.3. The number of aromatic nitrogens is 8. The molecule has 6 rings (SSSR count). The summed E-state index contributed by atoms with van der Waals surface area (Å²) in [6.45, 7) is -0.837. The van der Waals surface area contributed by atoms with Crippen LogP contribution in [-0.4, -0.2) is 85.2 Å². The number of hydrogen-bond acceptors (Lipinski definition) is 14. The number of phosphoric acid groups is 2. The number of fused-ring (bicyclic) bond motifs is 2. The van der Waals surface area contributed by atoms with Crippen molar-refractivity contribution >= 4 is 43.8 Å². The lowest BCUT2D eigenvalue weighted by molar-refractivity contribution is -0.0531. The standard InChI is InChI=1S/C20H25N9O11P2/c21-16-14-17(23-6-22-16)28(8-26-14)13-2-1-10(38-13)4-37-42(34,35)40-12-3-11(5-36-41(31,32)33)39-20(12)29-9-27-15-18(29)24-7-25-19(15)30/h6-13,20H,1-5H2,(H,34,35)(H2,21,22,23)(H,24,25,30)(H2,31,32,33). The molecule has 0 aromatic carbocycles. The van der Waals surface area contributed by atoms with Gasteiger partial charge in [-0.3, -0.25) is 27.5 Å². The summed E-state index contributed by atoms with van der Waals surface area (Å²) in [5, 5.41) is 0. The van der Waals surface area contributed by atoms with Crippen LogP contribution in [0.15, 0.2) is 30.1 Å². The molecular weight excluding hydrogens is 604 g/mol. The summed E-state index contributed by atoms with van der Waals surface area (Å²) in [4.78, 5) is 63.6. The van der Waals surface area contributed by atoms with Crippen LogP contribution < -0.4 is 11.3 Å². The quantitative estimate of drug-likeness (QED) is 0.146. The van der Waals surface area contributed by atoms with Gasteiger partial charge in [0.2, 0.25) is 0 Å². The summed E-state index contributed by atoms with van der Waals surface area (Å²) in [5.41, 5.74) is 6.30. The lowest BCUT2D eigenvalue weighted by Gasteiger charge is -2.23. The Morgan fingerprint density at radius 3 is 2.50 bits per heavy atom. The Hall–Kier alpha value is -3.16. The molecule has 0 aliphatic carbocycles. The number of rotatable bonds is 10. The van der Waals surface area contributed by atoms with E-state index in [0.717, 1.165) is 6.33 Å². The number of nitrogen functional groups attached to an aromatic ring is 1. The van der Waals surface area contributed by atoms with Gasteiger partial charge in [0.1, 0.15) is 24.2 Å². The van der Waals surface area contributed by atoms with Crippen molar-refractivity contribution in [3.63, 3.8) is 0 Å². The van der Waals surface area contributed by atoms with Crippen molar-refractivity contribution in [1.82, 2.24) is 39.0 Å². The lowest BCUT2D eigenvalue weighted by Crippen LogP contribution is -2.23. The monoisotopic (exact) mass is 629 g/mol. The Morgan fingerprint density at radius 1 is 0.952 bits per heavy atom. The molecule has 2 aliphatic heterocycles. The largest absolute Gasteiger partial charge is 0.472 e. The molecule has 2 fully saturated rings. The second kappa shape index (κ2) is 11.2. The van der Waals surface area contributed by atoms with Gasteiger partial charge in [0.05, 0.1) is 44.4 Å². The van der Waals surface area contributed by atoms with Crippen LogP contribution in [0.1, 0.15) is 31.7 Å². The molecule has 0 amide bonds. The van der Waals surface area contributed by atoms with Crippen molar-refractivity contribution in [2.45, 2.75) is 50.0 Å². The summed E-state index contributed by atoms with van der Waals surface area (Å²) >= 11 is 0. The summed E-state index contributed by atoms with van der Waals surface area (Å²) in [6.07, 6.45) is 1.76. The maximum Gasteiger partial charge on any atom is 0.472 e. The molecule has 0 radical (unpaired) electrons. The van der Waals surface area contributed by atoms with E-state index in [4.69, 9.17) is 34.0 Å². The zero-order valence-corrected chi connectivity index (χ0v) is 23.2. The van der Waals surface area contributed by atoms with Gasteiger partial charge in [-0.15, -0.1) is 0 Å². The normalized spacial score (nSPS) is 26.3. The van der Waals surface area contributed by atoms with E-state index in [1.165, 1.54) is 23.5 Å². The number of ether oxygens (including phenoxy) is 2. The van der Waals surface area contributed by atoms with Gasteiger partial charge in [0.15, 0.2) is 28.9 Å². The minimum Gasteiger partial charge on any atom is -0.382 e. The van der Waals surface area contributed by atoms with E-state index >= 15 is 0 Å². The van der Waals surface area contributed by atoms with Crippen LogP contribution in [0.25, 0.3) is 22.3 Å². The van der Waals surface area contributed by atoms with Crippen molar-refractivity contribution < 1.29 is 46.9 Å². The summed E-state index contributed by atoms with van der Waals surface area (Å²) in [7, 11) is -9.57. The smallest absolute Gasteiger partial charge is 0.382 e. The third-order valence-corrected chi connectivity index (χ3v) is 8.19. The molecule has 42 heavy (non-hydrogen) atoms. The van der Waals surface area contributed by atoms with Gasteiger partial charge in [-0.2, -0.15) is 0 Å². The van der Waals surface area contributed by atoms with Gasteiger partial charge in [0, 0.05) is 6.42 Å². The first-order chi connectivity index (χ1) is 20.0. The van der Waals surface area contributed by atoms with Crippen LogP contribution in [0.5, 0.6) is 0 Å². The van der Waals surface area contributed by atoms with Crippen molar-refractivity contribution in [1.29, 1.82) is 0 Å². The number of phosphoric ester groups is 2. The fourth-order valence-corrected chi connectivity index (χ4v) is 6.17. The number of hydrogen-bond donors (Lipinski definition) is 5. The molecular formula is C20H25N9O11P2. The van der Waals surface area contributed by atoms with Crippen LogP contribution in [0, 0.1) is 0 Å². The molecule has 6 N–H and O–H groups in total. The maximum absolute atomic E-state index is 13.0. The van der Waals surface area contributed by atoms with E-state index in [1.807, 2.05) is 0 Å². The van der Waals surface area contributed by atoms with Gasteiger partial charge in [0.25, 0.3) is 5.56 Å². The minimum absolute atomic E-state index is 0.0223. The van der Waals surface area contributed by atoms with Gasteiger partial charge in [-0.05, 0) is 12.8 Å². The topological polar surface area (TPSA) is 274 Å². The van der Waals surface area contributed by atoms with Crippen molar-refractivity contribution in [3.8, 4) is 0 Å². The van der Waals surface area contributed by atoms with Crippen LogP contribution in [0.4, 0.5) is 5.82 Å². The fraction of sp³-hybridized carbons (Fsp3) is 0.500. The Kier molecular flexibility index (Phi) is 7.69. The van der Waals surface area contributed by atoms with Crippen molar-refractivity contribution in [2.75, 3.05) is 18.9 Å². The van der Waals surface area contributed by atoms with Gasteiger partial charge in [-0.1, -0.05) is 0 Å². The highest BCUT2D eigenvalue weighted by molar-refractivity contribution is 7.47. The van der Waals surface area contributed by atoms with E-state index in [2.05, 4.69) is 34.4 Å². The number of anilines is 1. The number of nitrogens with zero attached hydrogens (tertiary/aromatic N) is 7. The zero-order valence-electron chi connectivity index (χ0n) is 21.4. The predicted molar refractivity (Wildman–Crippen MR) is 138 cm³/mol. The van der Waals surface area contributed by atoms with Crippen molar-refractivity contribution in [3.05, 3.63) is 35.7 Å².